The molecule has 26 heavy (non-hydrogen) atoms. The Morgan fingerprint density at radius 2 is 1.85 bits per heavy atom. The fourth-order valence-corrected chi connectivity index (χ4v) is 2.39. The van der Waals surface area contributed by atoms with Crippen LogP contribution in [0.2, 0.25) is 0 Å². The van der Waals surface area contributed by atoms with Gasteiger partial charge in [0.05, 0.1) is 0 Å². The van der Waals surface area contributed by atoms with Gasteiger partial charge in [-0.05, 0) is 54.8 Å². The van der Waals surface area contributed by atoms with Crippen molar-refractivity contribution in [3.63, 3.8) is 0 Å². The molecular weight excluding hydrogens is 355 g/mol. The minimum atomic E-state index is -0.505. The number of nitrogens with one attached hydrogen (secondary N) is 1. The third-order valence-electron chi connectivity index (χ3n) is 3.86. The molecule has 3 N–H and O–H groups in total. The third kappa shape index (κ3) is 6.65. The molecule has 0 aromatic heterocycles. The van der Waals surface area contributed by atoms with Gasteiger partial charge in [-0.2, -0.15) is 0 Å². The zero-order valence-electron chi connectivity index (χ0n) is 15.1. The molecule has 0 radical (unpaired) electrons. The molecule has 0 spiro atoms. The first kappa shape index (κ1) is 21.9. The van der Waals surface area contributed by atoms with Gasteiger partial charge >= 0.3 is 0 Å². The molecule has 0 heterocycles. The summed E-state index contributed by atoms with van der Waals surface area (Å²) in [5.74, 6) is 0.443. The molecule has 0 aliphatic heterocycles. The predicted molar refractivity (Wildman–Crippen MR) is 105 cm³/mol. The Hall–Kier alpha value is -2.11. The van der Waals surface area contributed by atoms with Crippen molar-refractivity contribution in [1.82, 2.24) is 5.32 Å². The quantitative estimate of drug-likeness (QED) is 0.645. The molecule has 0 atom stereocenters. The number of ether oxygens (including phenoxy) is 1. The smallest absolute Gasteiger partial charge is 0.248 e. The highest BCUT2D eigenvalue weighted by atomic mass is 35.5. The van der Waals surface area contributed by atoms with Gasteiger partial charge in [-0.25, -0.2) is 4.39 Å². The lowest BCUT2D eigenvalue weighted by Crippen LogP contribution is -2.23. The highest BCUT2D eigenvalue weighted by molar-refractivity contribution is 5.93. The number of primary amides is 1. The van der Waals surface area contributed by atoms with E-state index in [1.165, 1.54) is 6.07 Å². The molecule has 4 nitrogen and oxygen atoms in total. The molecule has 0 saturated heterocycles. The van der Waals surface area contributed by atoms with E-state index >= 15 is 0 Å². The number of hydrogen-bond donors (Lipinski definition) is 2. The molecule has 2 aromatic rings. The van der Waals surface area contributed by atoms with Crippen molar-refractivity contribution in [1.29, 1.82) is 0 Å². The second-order valence-electron chi connectivity index (χ2n) is 6.36. The van der Waals surface area contributed by atoms with E-state index in [1.54, 1.807) is 36.4 Å². The Morgan fingerprint density at radius 3 is 2.46 bits per heavy atom. The van der Waals surface area contributed by atoms with Crippen LogP contribution in [0.3, 0.4) is 0 Å². The molecule has 2 aromatic carbocycles. The van der Waals surface area contributed by atoms with E-state index in [0.717, 1.165) is 19.5 Å². The van der Waals surface area contributed by atoms with Gasteiger partial charge in [0.2, 0.25) is 5.91 Å². The van der Waals surface area contributed by atoms with Crippen LogP contribution < -0.4 is 15.8 Å². The van der Waals surface area contributed by atoms with Gasteiger partial charge in [0.15, 0.2) is 0 Å². The lowest BCUT2D eigenvalue weighted by Gasteiger charge is -2.11. The summed E-state index contributed by atoms with van der Waals surface area (Å²) in [6, 6.07) is 11.2. The second kappa shape index (κ2) is 10.8. The number of benzene rings is 2. The van der Waals surface area contributed by atoms with Crippen molar-refractivity contribution in [3.05, 3.63) is 53.8 Å². The van der Waals surface area contributed by atoms with Crippen LogP contribution in [0, 0.1) is 11.7 Å². The summed E-state index contributed by atoms with van der Waals surface area (Å²) < 4.78 is 19.8. The third-order valence-corrected chi connectivity index (χ3v) is 3.86. The molecule has 0 aliphatic rings. The first-order chi connectivity index (χ1) is 12.0. The second-order valence-corrected chi connectivity index (χ2v) is 6.36. The van der Waals surface area contributed by atoms with Crippen molar-refractivity contribution in [2.45, 2.75) is 20.3 Å². The van der Waals surface area contributed by atoms with Crippen LogP contribution in [0.5, 0.6) is 5.75 Å². The van der Waals surface area contributed by atoms with E-state index in [4.69, 9.17) is 10.5 Å². The first-order valence-electron chi connectivity index (χ1n) is 8.50. The monoisotopic (exact) mass is 380 g/mol. The molecule has 0 bridgehead atoms. The molecule has 2 rings (SSSR count). The highest BCUT2D eigenvalue weighted by Gasteiger charge is 2.08. The first-order valence-corrected chi connectivity index (χ1v) is 8.50. The summed E-state index contributed by atoms with van der Waals surface area (Å²) in [5.41, 5.74) is 6.72. The minimum absolute atomic E-state index is 0. The Bertz CT molecular complexity index is 705. The van der Waals surface area contributed by atoms with Gasteiger partial charge in [-0.3, -0.25) is 4.79 Å². The van der Waals surface area contributed by atoms with Gasteiger partial charge in [0.25, 0.3) is 0 Å². The Kier molecular flexibility index (Phi) is 9.10. The maximum absolute atomic E-state index is 14.1. The van der Waals surface area contributed by atoms with Gasteiger partial charge in [0.1, 0.15) is 18.2 Å². The van der Waals surface area contributed by atoms with E-state index in [9.17, 15) is 9.18 Å². The summed E-state index contributed by atoms with van der Waals surface area (Å²) in [6.45, 7) is 6.60. The van der Waals surface area contributed by atoms with Crippen LogP contribution in [-0.2, 0) is 0 Å². The van der Waals surface area contributed by atoms with E-state index in [-0.39, 0.29) is 18.2 Å². The van der Waals surface area contributed by atoms with Crippen molar-refractivity contribution in [3.8, 4) is 16.9 Å². The predicted octanol–water partition coefficient (Wildman–Crippen LogP) is 4.03. The molecule has 0 unspecified atom stereocenters. The number of amides is 1. The van der Waals surface area contributed by atoms with Gasteiger partial charge in [-0.15, -0.1) is 12.4 Å². The van der Waals surface area contributed by atoms with Crippen molar-refractivity contribution in [2.75, 3.05) is 19.7 Å². The van der Waals surface area contributed by atoms with Crippen LogP contribution >= 0.6 is 12.4 Å². The lowest BCUT2D eigenvalue weighted by atomic mass is 10.0. The maximum Gasteiger partial charge on any atom is 0.248 e. The summed E-state index contributed by atoms with van der Waals surface area (Å²) >= 11 is 0. The number of halogens is 2. The summed E-state index contributed by atoms with van der Waals surface area (Å²) in [7, 11) is 0. The largest absolute Gasteiger partial charge is 0.492 e. The van der Waals surface area contributed by atoms with E-state index in [1.807, 2.05) is 0 Å². The van der Waals surface area contributed by atoms with Gasteiger partial charge in [0, 0.05) is 17.7 Å². The van der Waals surface area contributed by atoms with Crippen molar-refractivity contribution in [2.24, 2.45) is 11.7 Å². The number of carbonyl (C=O) groups is 1. The van der Waals surface area contributed by atoms with Crippen molar-refractivity contribution < 1.29 is 13.9 Å². The Labute approximate surface area is 160 Å². The molecule has 0 fully saturated rings. The number of nitrogens with two attached hydrogens (primary N) is 1. The zero-order chi connectivity index (χ0) is 18.2. The Morgan fingerprint density at radius 1 is 1.15 bits per heavy atom. The molecular formula is C20H26ClFN2O2. The molecule has 0 saturated carbocycles. The summed E-state index contributed by atoms with van der Waals surface area (Å²) in [5, 5.41) is 3.32. The SMILES string of the molecule is CC(C)CCNCCOc1ccc(F)c(-c2ccc(C(N)=O)cc2)c1.Cl. The molecule has 0 aliphatic carbocycles. The molecule has 142 valence electrons. The maximum atomic E-state index is 14.1. The zero-order valence-corrected chi connectivity index (χ0v) is 15.9. The molecule has 1 amide bonds. The van der Waals surface area contributed by atoms with Crippen LogP contribution in [0.4, 0.5) is 4.39 Å². The van der Waals surface area contributed by atoms with Crippen LogP contribution in [-0.4, -0.2) is 25.6 Å². The van der Waals surface area contributed by atoms with E-state index < -0.39 is 5.91 Å². The van der Waals surface area contributed by atoms with Crippen LogP contribution in [0.25, 0.3) is 11.1 Å². The van der Waals surface area contributed by atoms with Gasteiger partial charge < -0.3 is 15.8 Å². The normalized spacial score (nSPS) is 10.5. The Balaban J connectivity index is 0.00000338. The fraction of sp³-hybridized carbons (Fsp3) is 0.350. The van der Waals surface area contributed by atoms with Gasteiger partial charge in [-0.1, -0.05) is 26.0 Å². The van der Waals surface area contributed by atoms with Crippen LogP contribution in [0.1, 0.15) is 30.6 Å². The lowest BCUT2D eigenvalue weighted by molar-refractivity contribution is 0.100. The number of rotatable bonds is 9. The highest BCUT2D eigenvalue weighted by Crippen LogP contribution is 2.27. The minimum Gasteiger partial charge on any atom is -0.492 e. The number of hydrogen-bond acceptors (Lipinski definition) is 3. The van der Waals surface area contributed by atoms with E-state index in [0.29, 0.717) is 35.0 Å². The van der Waals surface area contributed by atoms with Crippen LogP contribution in [0.15, 0.2) is 42.5 Å². The topological polar surface area (TPSA) is 64.3 Å². The standard InChI is InChI=1S/C20H25FN2O2.ClH/c1-14(2)9-10-23-11-12-25-17-7-8-19(21)18(13-17)15-3-5-16(6-4-15)20(22)24;/h3-8,13-14,23H,9-12H2,1-2H3,(H2,22,24);1H. The number of carbonyl (C=O) groups excluding carboxylic acids is 1. The molecule has 6 heteroatoms. The van der Waals surface area contributed by atoms with Crippen molar-refractivity contribution >= 4 is 18.3 Å². The average Bonchev–Trinajstić information content (AvgIpc) is 2.59. The fourth-order valence-electron chi connectivity index (χ4n) is 2.39. The summed E-state index contributed by atoms with van der Waals surface area (Å²) in [4.78, 5) is 11.1. The summed E-state index contributed by atoms with van der Waals surface area (Å²) in [6.07, 6.45) is 1.13. The van der Waals surface area contributed by atoms with E-state index in [2.05, 4.69) is 19.2 Å². The average molecular weight is 381 g/mol.